The van der Waals surface area contributed by atoms with Crippen LogP contribution in [-0.4, -0.2) is 11.8 Å². The first-order valence-electron chi connectivity index (χ1n) is 4.62. The molecule has 0 aliphatic carbocycles. The number of hydrogen-bond donors (Lipinski definition) is 0. The van der Waals surface area contributed by atoms with Crippen molar-refractivity contribution in [2.45, 2.75) is 19.8 Å². The molecule has 0 atom stereocenters. The SMILES string of the molecule is CCc1ccc(OC(=O)CCCl)cc1. The van der Waals surface area contributed by atoms with Gasteiger partial charge in [0.05, 0.1) is 6.42 Å². The molecule has 0 N–H and O–H groups in total. The summed E-state index contributed by atoms with van der Waals surface area (Å²) in [6.07, 6.45) is 1.23. The highest BCUT2D eigenvalue weighted by Crippen LogP contribution is 2.13. The molecule has 0 unspecified atom stereocenters. The zero-order chi connectivity index (χ0) is 10.4. The monoisotopic (exact) mass is 212 g/mol. The number of alkyl halides is 1. The maximum Gasteiger partial charge on any atom is 0.312 e. The van der Waals surface area contributed by atoms with Crippen LogP contribution >= 0.6 is 11.6 Å². The predicted molar refractivity (Wildman–Crippen MR) is 56.8 cm³/mol. The lowest BCUT2D eigenvalue weighted by Crippen LogP contribution is -2.07. The molecule has 0 heterocycles. The lowest BCUT2D eigenvalue weighted by atomic mass is 10.2. The van der Waals surface area contributed by atoms with Crippen molar-refractivity contribution in [2.24, 2.45) is 0 Å². The molecule has 3 heteroatoms. The molecule has 0 spiro atoms. The highest BCUT2D eigenvalue weighted by Gasteiger charge is 2.02. The Morgan fingerprint density at radius 2 is 2.00 bits per heavy atom. The summed E-state index contributed by atoms with van der Waals surface area (Å²) >= 11 is 5.41. The normalized spacial score (nSPS) is 9.86. The van der Waals surface area contributed by atoms with Crippen LogP contribution in [0.1, 0.15) is 18.9 Å². The van der Waals surface area contributed by atoms with Gasteiger partial charge in [0.2, 0.25) is 0 Å². The standard InChI is InChI=1S/C11H13ClO2/c1-2-9-3-5-10(6-4-9)14-11(13)7-8-12/h3-6H,2,7-8H2,1H3. The third-order valence-corrected chi connectivity index (χ3v) is 2.05. The molecule has 0 amide bonds. The van der Waals surface area contributed by atoms with Gasteiger partial charge in [-0.05, 0) is 24.1 Å². The van der Waals surface area contributed by atoms with Gasteiger partial charge in [-0.2, -0.15) is 0 Å². The molecule has 0 bridgehead atoms. The summed E-state index contributed by atoms with van der Waals surface area (Å²) in [4.78, 5) is 11.1. The van der Waals surface area contributed by atoms with Crippen molar-refractivity contribution in [1.29, 1.82) is 0 Å². The molecule has 76 valence electrons. The average Bonchev–Trinajstić information content (AvgIpc) is 2.19. The highest BCUT2D eigenvalue weighted by atomic mass is 35.5. The topological polar surface area (TPSA) is 26.3 Å². The minimum Gasteiger partial charge on any atom is -0.426 e. The van der Waals surface area contributed by atoms with E-state index in [0.717, 1.165) is 6.42 Å². The molecule has 1 aromatic carbocycles. The maximum atomic E-state index is 11.1. The molecule has 14 heavy (non-hydrogen) atoms. The molecule has 0 aliphatic rings. The predicted octanol–water partition coefficient (Wildman–Crippen LogP) is 2.78. The number of carbonyl (C=O) groups excluding carboxylic acids is 1. The van der Waals surface area contributed by atoms with Gasteiger partial charge in [0.15, 0.2) is 0 Å². The molecular weight excluding hydrogens is 200 g/mol. The second-order valence-corrected chi connectivity index (χ2v) is 3.29. The van der Waals surface area contributed by atoms with Crippen molar-refractivity contribution in [3.63, 3.8) is 0 Å². The second-order valence-electron chi connectivity index (χ2n) is 2.91. The Kier molecular flexibility index (Phi) is 4.47. The first-order valence-corrected chi connectivity index (χ1v) is 5.15. The zero-order valence-corrected chi connectivity index (χ0v) is 8.88. The summed E-state index contributed by atoms with van der Waals surface area (Å²) in [5.41, 5.74) is 1.22. The van der Waals surface area contributed by atoms with Crippen LogP contribution in [0.15, 0.2) is 24.3 Å². The fourth-order valence-corrected chi connectivity index (χ4v) is 1.21. The number of carbonyl (C=O) groups is 1. The van der Waals surface area contributed by atoms with E-state index in [-0.39, 0.29) is 12.4 Å². The van der Waals surface area contributed by atoms with Crippen LogP contribution < -0.4 is 4.74 Å². The van der Waals surface area contributed by atoms with E-state index in [2.05, 4.69) is 6.92 Å². The van der Waals surface area contributed by atoms with E-state index < -0.39 is 0 Å². The first kappa shape index (κ1) is 11.1. The molecule has 1 aromatic rings. The number of hydrogen-bond acceptors (Lipinski definition) is 2. The van der Waals surface area contributed by atoms with E-state index in [0.29, 0.717) is 11.6 Å². The van der Waals surface area contributed by atoms with Crippen molar-refractivity contribution < 1.29 is 9.53 Å². The minimum absolute atomic E-state index is 0.247. The summed E-state index contributed by atoms with van der Waals surface area (Å²) in [5, 5.41) is 0. The zero-order valence-electron chi connectivity index (χ0n) is 8.13. The number of esters is 1. The van der Waals surface area contributed by atoms with E-state index in [4.69, 9.17) is 16.3 Å². The number of aryl methyl sites for hydroxylation is 1. The number of ether oxygens (including phenoxy) is 1. The third kappa shape index (κ3) is 3.38. The van der Waals surface area contributed by atoms with Crippen LogP contribution in [0.5, 0.6) is 5.75 Å². The average molecular weight is 213 g/mol. The Hall–Kier alpha value is -1.02. The molecule has 1 rings (SSSR count). The molecule has 0 aliphatic heterocycles. The minimum atomic E-state index is -0.288. The van der Waals surface area contributed by atoms with E-state index >= 15 is 0 Å². The summed E-state index contributed by atoms with van der Waals surface area (Å²) in [5.74, 6) is 0.591. The lowest BCUT2D eigenvalue weighted by molar-refractivity contribution is -0.133. The molecule has 0 saturated heterocycles. The Morgan fingerprint density at radius 3 is 2.50 bits per heavy atom. The van der Waals surface area contributed by atoms with Gasteiger partial charge in [-0.15, -0.1) is 11.6 Å². The van der Waals surface area contributed by atoms with Gasteiger partial charge in [-0.1, -0.05) is 19.1 Å². The molecule has 0 saturated carbocycles. The van der Waals surface area contributed by atoms with E-state index in [1.54, 1.807) is 12.1 Å². The Bertz CT molecular complexity index is 293. The van der Waals surface area contributed by atoms with Gasteiger partial charge in [-0.3, -0.25) is 4.79 Å². The number of benzene rings is 1. The van der Waals surface area contributed by atoms with Crippen LogP contribution in [0.3, 0.4) is 0 Å². The summed E-state index contributed by atoms with van der Waals surface area (Å²) in [6.45, 7) is 2.08. The van der Waals surface area contributed by atoms with Crippen LogP contribution in [0.2, 0.25) is 0 Å². The molecular formula is C11H13ClO2. The lowest BCUT2D eigenvalue weighted by Gasteiger charge is -2.03. The summed E-state index contributed by atoms with van der Waals surface area (Å²) in [7, 11) is 0. The molecule has 0 aromatic heterocycles. The van der Waals surface area contributed by atoms with Crippen LogP contribution in [0.25, 0.3) is 0 Å². The smallest absolute Gasteiger partial charge is 0.312 e. The second kappa shape index (κ2) is 5.66. The maximum absolute atomic E-state index is 11.1. The van der Waals surface area contributed by atoms with Crippen molar-refractivity contribution in [3.8, 4) is 5.75 Å². The largest absolute Gasteiger partial charge is 0.426 e. The van der Waals surface area contributed by atoms with E-state index in [1.807, 2.05) is 12.1 Å². The van der Waals surface area contributed by atoms with Gasteiger partial charge in [-0.25, -0.2) is 0 Å². The summed E-state index contributed by atoms with van der Waals surface area (Å²) < 4.78 is 5.03. The first-order chi connectivity index (χ1) is 6.76. The third-order valence-electron chi connectivity index (χ3n) is 1.86. The van der Waals surface area contributed by atoms with Crippen molar-refractivity contribution in [2.75, 3.05) is 5.88 Å². The van der Waals surface area contributed by atoms with Crippen molar-refractivity contribution in [3.05, 3.63) is 29.8 Å². The number of rotatable bonds is 4. The summed E-state index contributed by atoms with van der Waals surface area (Å²) in [6, 6.07) is 7.49. The molecule has 0 radical (unpaired) electrons. The fraction of sp³-hybridized carbons (Fsp3) is 0.364. The van der Waals surface area contributed by atoms with Crippen molar-refractivity contribution in [1.82, 2.24) is 0 Å². The molecule has 0 fully saturated rings. The van der Waals surface area contributed by atoms with Crippen molar-refractivity contribution >= 4 is 17.6 Å². The van der Waals surface area contributed by atoms with Crippen LogP contribution in [0, 0.1) is 0 Å². The van der Waals surface area contributed by atoms with Gasteiger partial charge >= 0.3 is 5.97 Å². The van der Waals surface area contributed by atoms with Gasteiger partial charge < -0.3 is 4.74 Å². The van der Waals surface area contributed by atoms with Gasteiger partial charge in [0, 0.05) is 5.88 Å². The van der Waals surface area contributed by atoms with Gasteiger partial charge in [0.25, 0.3) is 0 Å². The Labute approximate surface area is 88.8 Å². The van der Waals surface area contributed by atoms with E-state index in [1.165, 1.54) is 5.56 Å². The highest BCUT2D eigenvalue weighted by molar-refractivity contribution is 6.18. The van der Waals surface area contributed by atoms with Gasteiger partial charge in [0.1, 0.15) is 5.75 Å². The van der Waals surface area contributed by atoms with E-state index in [9.17, 15) is 4.79 Å². The quantitative estimate of drug-likeness (QED) is 0.436. The Morgan fingerprint density at radius 1 is 1.36 bits per heavy atom. The number of halogens is 1. The fourth-order valence-electron chi connectivity index (χ4n) is 1.05. The van der Waals surface area contributed by atoms with Crippen LogP contribution in [0.4, 0.5) is 0 Å². The van der Waals surface area contributed by atoms with Crippen LogP contribution in [-0.2, 0) is 11.2 Å². The molecule has 2 nitrogen and oxygen atoms in total. The Balaban J connectivity index is 2.55.